The Kier molecular flexibility index (Phi) is 6.23. The minimum atomic E-state index is -0.356. The van der Waals surface area contributed by atoms with E-state index in [2.05, 4.69) is 12.1 Å². The highest BCUT2D eigenvalue weighted by atomic mass is 16.5. The summed E-state index contributed by atoms with van der Waals surface area (Å²) in [6.07, 6.45) is 1.10. The number of benzene rings is 2. The van der Waals surface area contributed by atoms with E-state index in [1.165, 1.54) is 0 Å². The van der Waals surface area contributed by atoms with Crippen molar-refractivity contribution in [3.63, 3.8) is 0 Å². The van der Waals surface area contributed by atoms with Gasteiger partial charge in [-0.1, -0.05) is 24.3 Å². The number of methoxy groups -OCH3 is 2. The topological polar surface area (TPSA) is 66.0 Å². The number of rotatable bonds is 7. The molecule has 0 aliphatic rings. The predicted molar refractivity (Wildman–Crippen MR) is 91.6 cm³/mol. The SMILES string of the molecule is COc1ccc(CC(C#N)C(C#N)Cc2ccc(OC)cc2)cc1. The third-order valence-corrected chi connectivity index (χ3v) is 4.05. The Hall–Kier alpha value is -2.98. The average Bonchev–Trinajstić information content (AvgIpc) is 2.65. The summed E-state index contributed by atoms with van der Waals surface area (Å²) in [6, 6.07) is 19.8. The lowest BCUT2D eigenvalue weighted by Crippen LogP contribution is -2.17. The lowest BCUT2D eigenvalue weighted by atomic mass is 9.84. The van der Waals surface area contributed by atoms with E-state index < -0.39 is 0 Å². The van der Waals surface area contributed by atoms with Crippen LogP contribution in [0.4, 0.5) is 0 Å². The second kappa shape index (κ2) is 8.60. The van der Waals surface area contributed by atoms with E-state index >= 15 is 0 Å². The molecule has 2 unspecified atom stereocenters. The van der Waals surface area contributed by atoms with Gasteiger partial charge in [0.05, 0.1) is 38.2 Å². The molecule has 0 heterocycles. The second-order valence-corrected chi connectivity index (χ2v) is 5.58. The summed E-state index contributed by atoms with van der Waals surface area (Å²) in [4.78, 5) is 0. The van der Waals surface area contributed by atoms with Crippen LogP contribution in [0.25, 0.3) is 0 Å². The highest BCUT2D eigenvalue weighted by Gasteiger charge is 2.22. The van der Waals surface area contributed by atoms with Crippen molar-refractivity contribution in [1.29, 1.82) is 10.5 Å². The van der Waals surface area contributed by atoms with Gasteiger partial charge in [-0.05, 0) is 48.2 Å². The summed E-state index contributed by atoms with van der Waals surface area (Å²) in [6.45, 7) is 0. The van der Waals surface area contributed by atoms with Gasteiger partial charge < -0.3 is 9.47 Å². The first-order valence-corrected chi connectivity index (χ1v) is 7.75. The van der Waals surface area contributed by atoms with Crippen molar-refractivity contribution < 1.29 is 9.47 Å². The molecule has 0 bridgehead atoms. The molecule has 0 saturated carbocycles. The van der Waals surface area contributed by atoms with Gasteiger partial charge in [0.2, 0.25) is 0 Å². The van der Waals surface area contributed by atoms with Crippen molar-refractivity contribution in [3.8, 4) is 23.6 Å². The fraction of sp³-hybridized carbons (Fsp3) is 0.300. The molecule has 0 radical (unpaired) electrons. The van der Waals surface area contributed by atoms with E-state index in [0.717, 1.165) is 22.6 Å². The molecule has 0 spiro atoms. The number of nitrogens with zero attached hydrogens (tertiary/aromatic N) is 2. The van der Waals surface area contributed by atoms with Gasteiger partial charge >= 0.3 is 0 Å². The van der Waals surface area contributed by atoms with E-state index in [1.54, 1.807) is 14.2 Å². The van der Waals surface area contributed by atoms with Crippen LogP contribution in [0, 0.1) is 34.5 Å². The molecule has 4 nitrogen and oxygen atoms in total. The van der Waals surface area contributed by atoms with Crippen LogP contribution in [0.1, 0.15) is 11.1 Å². The zero-order valence-corrected chi connectivity index (χ0v) is 13.9. The second-order valence-electron chi connectivity index (χ2n) is 5.58. The van der Waals surface area contributed by atoms with Crippen LogP contribution in [0.3, 0.4) is 0 Å². The minimum absolute atomic E-state index is 0.356. The molecule has 4 heteroatoms. The van der Waals surface area contributed by atoms with E-state index in [4.69, 9.17) is 9.47 Å². The molecule has 0 aliphatic carbocycles. The Morgan fingerprint density at radius 2 is 1.04 bits per heavy atom. The number of hydrogen-bond acceptors (Lipinski definition) is 4. The summed E-state index contributed by atoms with van der Waals surface area (Å²) < 4.78 is 10.3. The Morgan fingerprint density at radius 3 is 1.29 bits per heavy atom. The summed E-state index contributed by atoms with van der Waals surface area (Å²) in [7, 11) is 3.24. The molecule has 0 amide bonds. The molecule has 2 aromatic rings. The van der Waals surface area contributed by atoms with Gasteiger partial charge in [-0.3, -0.25) is 0 Å². The lowest BCUT2D eigenvalue weighted by molar-refractivity contribution is 0.414. The maximum atomic E-state index is 9.50. The van der Waals surface area contributed by atoms with E-state index in [-0.39, 0.29) is 11.8 Å². The highest BCUT2D eigenvalue weighted by molar-refractivity contribution is 5.30. The van der Waals surface area contributed by atoms with Crippen LogP contribution in [-0.4, -0.2) is 14.2 Å². The number of ether oxygens (including phenoxy) is 2. The van der Waals surface area contributed by atoms with Crippen LogP contribution in [0.5, 0.6) is 11.5 Å². The maximum Gasteiger partial charge on any atom is 0.118 e. The van der Waals surface area contributed by atoms with Crippen molar-refractivity contribution in [2.24, 2.45) is 11.8 Å². The Labute approximate surface area is 142 Å². The molecule has 0 aromatic heterocycles. The van der Waals surface area contributed by atoms with E-state index in [1.807, 2.05) is 48.5 Å². The standard InChI is InChI=1S/C20H20N2O2/c1-23-19-7-3-15(4-8-19)11-17(13-21)18(14-22)12-16-5-9-20(24-2)10-6-16/h3-10,17-18H,11-12H2,1-2H3. The molecule has 2 atom stereocenters. The summed E-state index contributed by atoms with van der Waals surface area (Å²) in [5.74, 6) is 0.848. The van der Waals surface area contributed by atoms with Gasteiger partial charge in [0.1, 0.15) is 11.5 Å². The third-order valence-electron chi connectivity index (χ3n) is 4.05. The van der Waals surface area contributed by atoms with Crippen LogP contribution in [-0.2, 0) is 12.8 Å². The zero-order chi connectivity index (χ0) is 17.4. The summed E-state index contributed by atoms with van der Waals surface area (Å²) in [5.41, 5.74) is 2.05. The van der Waals surface area contributed by atoms with Gasteiger partial charge in [0, 0.05) is 0 Å². The van der Waals surface area contributed by atoms with Gasteiger partial charge in [-0.25, -0.2) is 0 Å². The van der Waals surface area contributed by atoms with Gasteiger partial charge in [-0.15, -0.1) is 0 Å². The van der Waals surface area contributed by atoms with E-state index in [0.29, 0.717) is 12.8 Å². The largest absolute Gasteiger partial charge is 0.497 e. The summed E-state index contributed by atoms with van der Waals surface area (Å²) in [5, 5.41) is 19.0. The summed E-state index contributed by atoms with van der Waals surface area (Å²) >= 11 is 0. The Bertz CT molecular complexity index is 659. The van der Waals surface area contributed by atoms with Crippen molar-refractivity contribution >= 4 is 0 Å². The third kappa shape index (κ3) is 4.51. The first-order chi connectivity index (χ1) is 11.7. The van der Waals surface area contributed by atoms with Crippen molar-refractivity contribution in [1.82, 2.24) is 0 Å². The van der Waals surface area contributed by atoms with Gasteiger partial charge in [0.15, 0.2) is 0 Å². The van der Waals surface area contributed by atoms with Crippen molar-refractivity contribution in [2.75, 3.05) is 14.2 Å². The van der Waals surface area contributed by atoms with Gasteiger partial charge in [-0.2, -0.15) is 10.5 Å². The molecule has 2 rings (SSSR count). The highest BCUT2D eigenvalue weighted by Crippen LogP contribution is 2.23. The molecule has 2 aromatic carbocycles. The number of hydrogen-bond donors (Lipinski definition) is 0. The monoisotopic (exact) mass is 320 g/mol. The first-order valence-electron chi connectivity index (χ1n) is 7.75. The lowest BCUT2D eigenvalue weighted by Gasteiger charge is -2.16. The molecule has 24 heavy (non-hydrogen) atoms. The van der Waals surface area contributed by atoms with Crippen molar-refractivity contribution in [2.45, 2.75) is 12.8 Å². The van der Waals surface area contributed by atoms with Crippen LogP contribution in [0.2, 0.25) is 0 Å². The molecule has 0 saturated heterocycles. The molecule has 0 aliphatic heterocycles. The first kappa shape index (κ1) is 17.4. The predicted octanol–water partition coefficient (Wildman–Crippen LogP) is 3.77. The minimum Gasteiger partial charge on any atom is -0.497 e. The molecule has 0 fully saturated rings. The van der Waals surface area contributed by atoms with Crippen LogP contribution in [0.15, 0.2) is 48.5 Å². The van der Waals surface area contributed by atoms with Crippen LogP contribution < -0.4 is 9.47 Å². The molecular weight excluding hydrogens is 300 g/mol. The average molecular weight is 320 g/mol. The molecule has 122 valence electrons. The van der Waals surface area contributed by atoms with E-state index in [9.17, 15) is 10.5 Å². The zero-order valence-electron chi connectivity index (χ0n) is 13.9. The van der Waals surface area contributed by atoms with Gasteiger partial charge in [0.25, 0.3) is 0 Å². The fourth-order valence-electron chi connectivity index (χ4n) is 2.59. The van der Waals surface area contributed by atoms with Crippen LogP contribution >= 0.6 is 0 Å². The smallest absolute Gasteiger partial charge is 0.118 e. The Balaban J connectivity index is 2.07. The molecular formula is C20H20N2O2. The normalized spacial score (nSPS) is 12.5. The Morgan fingerprint density at radius 1 is 0.708 bits per heavy atom. The quantitative estimate of drug-likeness (QED) is 0.779. The number of nitriles is 2. The maximum absolute atomic E-state index is 9.50. The van der Waals surface area contributed by atoms with Crippen molar-refractivity contribution in [3.05, 3.63) is 59.7 Å². The molecule has 0 N–H and O–H groups in total. The fourth-order valence-corrected chi connectivity index (χ4v) is 2.59.